The van der Waals surface area contributed by atoms with Crippen molar-refractivity contribution >= 4 is 18.1 Å². The summed E-state index contributed by atoms with van der Waals surface area (Å²) in [5.74, 6) is 0. The number of carbonyl (C=O) groups is 1. The minimum atomic E-state index is -4.58. The van der Waals surface area contributed by atoms with Crippen LogP contribution in [0.2, 0.25) is 0 Å². The van der Waals surface area contributed by atoms with E-state index < -0.39 is 35.9 Å². The number of nitrogens with one attached hydrogen (secondary N) is 1. The van der Waals surface area contributed by atoms with Gasteiger partial charge in [-0.3, -0.25) is 14.5 Å². The predicted octanol–water partition coefficient (Wildman–Crippen LogP) is 3.04. The lowest BCUT2D eigenvalue weighted by molar-refractivity contribution is -0.141. The number of hydrogen-bond donors (Lipinski definition) is 1. The molecule has 4 rings (SSSR count). The first-order valence-corrected chi connectivity index (χ1v) is 9.88. The predicted molar refractivity (Wildman–Crippen MR) is 105 cm³/mol. The number of aliphatic imine (C=N–C) groups is 1. The van der Waals surface area contributed by atoms with Gasteiger partial charge >= 0.3 is 18.4 Å². The summed E-state index contributed by atoms with van der Waals surface area (Å²) in [6.07, 6.45) is -7.33. The van der Waals surface area contributed by atoms with Gasteiger partial charge in [0.2, 0.25) is 0 Å². The van der Waals surface area contributed by atoms with Crippen LogP contribution in [0.5, 0.6) is 0 Å². The molecular formula is C19H19F6N7O. The van der Waals surface area contributed by atoms with E-state index in [0.717, 1.165) is 34.0 Å². The molecule has 2 aliphatic heterocycles. The first kappa shape index (κ1) is 22.9. The van der Waals surface area contributed by atoms with Gasteiger partial charge in [0.15, 0.2) is 12.0 Å². The molecule has 2 amide bonds. The van der Waals surface area contributed by atoms with Crippen LogP contribution >= 0.6 is 0 Å². The molecule has 2 aliphatic rings. The van der Waals surface area contributed by atoms with Gasteiger partial charge in [-0.05, 0) is 24.3 Å². The highest BCUT2D eigenvalue weighted by molar-refractivity contribution is 5.87. The summed E-state index contributed by atoms with van der Waals surface area (Å²) in [6, 6.07) is 5.36. The number of anilines is 1. The zero-order valence-corrected chi connectivity index (χ0v) is 17.0. The van der Waals surface area contributed by atoms with Crippen molar-refractivity contribution in [2.75, 3.05) is 31.1 Å². The van der Waals surface area contributed by atoms with Gasteiger partial charge in [0.1, 0.15) is 6.67 Å². The van der Waals surface area contributed by atoms with Gasteiger partial charge in [-0.1, -0.05) is 6.07 Å². The van der Waals surface area contributed by atoms with Gasteiger partial charge in [0, 0.05) is 38.1 Å². The Kier molecular flexibility index (Phi) is 5.95. The number of nitrogens with zero attached hydrogens (tertiary/aromatic N) is 6. The Balaban J connectivity index is 1.34. The lowest BCUT2D eigenvalue weighted by atomic mass is 10.1. The summed E-state index contributed by atoms with van der Waals surface area (Å²) in [7, 11) is 0. The van der Waals surface area contributed by atoms with Crippen molar-refractivity contribution in [1.29, 1.82) is 0 Å². The number of halogens is 6. The van der Waals surface area contributed by atoms with Gasteiger partial charge in [-0.25, -0.2) is 9.79 Å². The fourth-order valence-electron chi connectivity index (χ4n) is 3.56. The van der Waals surface area contributed by atoms with Crippen LogP contribution < -0.4 is 10.2 Å². The third-order valence-corrected chi connectivity index (χ3v) is 5.29. The Morgan fingerprint density at radius 3 is 2.33 bits per heavy atom. The van der Waals surface area contributed by atoms with E-state index in [0.29, 0.717) is 31.9 Å². The largest absolute Gasteiger partial charge is 0.435 e. The second-order valence-corrected chi connectivity index (χ2v) is 7.51. The topological polar surface area (TPSA) is 69.0 Å². The van der Waals surface area contributed by atoms with Crippen LogP contribution in [-0.2, 0) is 19.0 Å². The normalized spacial score (nSPS) is 20.3. The van der Waals surface area contributed by atoms with Crippen LogP contribution in [0.4, 0.5) is 36.8 Å². The van der Waals surface area contributed by atoms with Gasteiger partial charge in [-0.2, -0.15) is 31.4 Å². The summed E-state index contributed by atoms with van der Waals surface area (Å²) < 4.78 is 77.8. The minimum Gasteiger partial charge on any atom is -0.369 e. The van der Waals surface area contributed by atoms with Crippen molar-refractivity contribution in [2.24, 2.45) is 4.99 Å². The van der Waals surface area contributed by atoms with Crippen LogP contribution in [0.3, 0.4) is 0 Å². The summed E-state index contributed by atoms with van der Waals surface area (Å²) in [4.78, 5) is 21.4. The monoisotopic (exact) mass is 475 g/mol. The Hall–Kier alpha value is -3.29. The van der Waals surface area contributed by atoms with E-state index in [1.807, 2.05) is 9.80 Å². The van der Waals surface area contributed by atoms with Crippen LogP contribution in [0.1, 0.15) is 11.3 Å². The van der Waals surface area contributed by atoms with E-state index in [1.54, 1.807) is 6.07 Å². The maximum atomic E-state index is 13.0. The average molecular weight is 475 g/mol. The van der Waals surface area contributed by atoms with Crippen LogP contribution in [0.15, 0.2) is 41.5 Å². The molecule has 1 aromatic carbocycles. The molecule has 1 aromatic heterocycles. The van der Waals surface area contributed by atoms with Gasteiger partial charge in [-0.15, -0.1) is 0 Å². The van der Waals surface area contributed by atoms with Crippen molar-refractivity contribution in [3.63, 3.8) is 0 Å². The fourth-order valence-corrected chi connectivity index (χ4v) is 3.56. The lowest BCUT2D eigenvalue weighted by Crippen LogP contribution is -2.59. The summed E-state index contributed by atoms with van der Waals surface area (Å²) in [6.45, 7) is 1.49. The number of amides is 2. The van der Waals surface area contributed by atoms with E-state index in [1.165, 1.54) is 12.4 Å². The van der Waals surface area contributed by atoms with Crippen molar-refractivity contribution < 1.29 is 31.1 Å². The molecule has 1 unspecified atom stereocenters. The second kappa shape index (κ2) is 8.57. The Bertz CT molecular complexity index is 1030. The van der Waals surface area contributed by atoms with Crippen molar-refractivity contribution in [1.82, 2.24) is 24.9 Å². The number of carbonyl (C=O) groups excluding carboxylic acids is 1. The molecule has 0 radical (unpaired) electrons. The van der Waals surface area contributed by atoms with Crippen molar-refractivity contribution in [3.05, 3.63) is 47.8 Å². The zero-order chi connectivity index (χ0) is 23.8. The molecule has 0 spiro atoms. The molecule has 0 bridgehead atoms. The molecule has 8 nitrogen and oxygen atoms in total. The van der Waals surface area contributed by atoms with E-state index in [4.69, 9.17) is 0 Å². The summed E-state index contributed by atoms with van der Waals surface area (Å²) in [5, 5.41) is 6.06. The first-order valence-electron chi connectivity index (χ1n) is 9.88. The van der Waals surface area contributed by atoms with Gasteiger partial charge in [0.25, 0.3) is 0 Å². The molecule has 33 heavy (non-hydrogen) atoms. The molecule has 1 fully saturated rings. The molecular weight excluding hydrogens is 456 g/mol. The third-order valence-electron chi connectivity index (χ3n) is 5.29. The van der Waals surface area contributed by atoms with Crippen LogP contribution in [0.25, 0.3) is 0 Å². The van der Waals surface area contributed by atoms with E-state index in [2.05, 4.69) is 15.4 Å². The van der Waals surface area contributed by atoms with Gasteiger partial charge < -0.3 is 10.2 Å². The first-order chi connectivity index (χ1) is 15.5. The quantitative estimate of drug-likeness (QED) is 0.691. The molecule has 3 heterocycles. The minimum absolute atomic E-state index is 0.249. The highest BCUT2D eigenvalue weighted by Gasteiger charge is 2.35. The third kappa shape index (κ3) is 5.21. The number of piperazine rings is 1. The molecule has 0 saturated carbocycles. The lowest BCUT2D eigenvalue weighted by Gasteiger charge is -2.40. The molecule has 0 aliphatic carbocycles. The average Bonchev–Trinajstić information content (AvgIpc) is 3.24. The number of urea groups is 1. The van der Waals surface area contributed by atoms with Crippen LogP contribution in [-0.4, -0.2) is 64.4 Å². The fraction of sp³-hybridized carbons (Fsp3) is 0.421. The van der Waals surface area contributed by atoms with Crippen LogP contribution in [0, 0.1) is 0 Å². The van der Waals surface area contributed by atoms with Crippen molar-refractivity contribution in [3.8, 4) is 0 Å². The summed E-state index contributed by atoms with van der Waals surface area (Å²) >= 11 is 0. The second-order valence-electron chi connectivity index (χ2n) is 7.51. The van der Waals surface area contributed by atoms with E-state index in [9.17, 15) is 31.1 Å². The molecule has 14 heteroatoms. The van der Waals surface area contributed by atoms with Crippen molar-refractivity contribution in [2.45, 2.75) is 25.3 Å². The number of alkyl halides is 6. The Labute approximate surface area is 184 Å². The molecule has 2 aromatic rings. The standard InChI is InChI=1S/C19H19F6N7O/c20-18(21,22)13-2-1-3-14(10-13)29-6-8-30(9-7-29)16-26-11-31(17(33)27-16)12-32-5-4-15(28-32)19(23,24)25/h1-5,10-11,16H,6-9,12H2,(H,27,33). The number of benzene rings is 1. The maximum Gasteiger partial charge on any atom is 0.435 e. The molecule has 1 saturated heterocycles. The highest BCUT2D eigenvalue weighted by Crippen LogP contribution is 2.32. The summed E-state index contributed by atoms with van der Waals surface area (Å²) in [5.41, 5.74) is -1.32. The Morgan fingerprint density at radius 2 is 1.73 bits per heavy atom. The smallest absolute Gasteiger partial charge is 0.369 e. The number of rotatable bonds is 4. The Morgan fingerprint density at radius 1 is 1.00 bits per heavy atom. The molecule has 178 valence electrons. The highest BCUT2D eigenvalue weighted by atomic mass is 19.4. The number of aromatic nitrogens is 2. The number of hydrogen-bond acceptors (Lipinski definition) is 5. The van der Waals surface area contributed by atoms with E-state index >= 15 is 0 Å². The maximum absolute atomic E-state index is 13.0. The molecule has 1 atom stereocenters. The van der Waals surface area contributed by atoms with E-state index in [-0.39, 0.29) is 6.67 Å². The van der Waals surface area contributed by atoms with Gasteiger partial charge in [0.05, 0.1) is 11.9 Å². The SMILES string of the molecule is O=C1NC(N2CCN(c3cccc(C(F)(F)F)c3)CC2)N=CN1Cn1ccc(C(F)(F)F)n1. The zero-order valence-electron chi connectivity index (χ0n) is 17.0. The molecule has 1 N–H and O–H groups in total.